The number of nitrogens with zero attached hydrogens (tertiary/aromatic N) is 2. The number of nitrogens with one attached hydrogen (secondary N) is 1. The summed E-state index contributed by atoms with van der Waals surface area (Å²) < 4.78 is 14.4. The highest BCUT2D eigenvalue weighted by atomic mass is 16.6. The first-order valence-electron chi connectivity index (χ1n) is 7.78. The van der Waals surface area contributed by atoms with Crippen LogP contribution in [-0.4, -0.2) is 60.7 Å². The lowest BCUT2D eigenvalue weighted by molar-refractivity contribution is -0.148. The van der Waals surface area contributed by atoms with Crippen molar-refractivity contribution in [3.8, 4) is 0 Å². The zero-order chi connectivity index (χ0) is 19.2. The second-order valence-corrected chi connectivity index (χ2v) is 5.16. The smallest absolute Gasteiger partial charge is 0.407 e. The zero-order valence-corrected chi connectivity index (χ0v) is 14.5. The van der Waals surface area contributed by atoms with Crippen molar-refractivity contribution in [2.75, 3.05) is 19.8 Å². The predicted octanol–water partition coefficient (Wildman–Crippen LogP) is 0.493. The van der Waals surface area contributed by atoms with Crippen molar-refractivity contribution < 1.29 is 38.2 Å². The van der Waals surface area contributed by atoms with Gasteiger partial charge in [-0.2, -0.15) is 4.79 Å². The molecule has 0 saturated carbocycles. The van der Waals surface area contributed by atoms with Gasteiger partial charge in [-0.3, -0.25) is 9.59 Å². The van der Waals surface area contributed by atoms with Crippen LogP contribution in [-0.2, 0) is 28.6 Å². The summed E-state index contributed by atoms with van der Waals surface area (Å²) in [6.45, 7) is 4.74. The molecule has 0 rings (SSSR count). The number of ketones is 1. The lowest BCUT2D eigenvalue weighted by Gasteiger charge is -2.16. The Hall–Kier alpha value is -2.74. The van der Waals surface area contributed by atoms with Gasteiger partial charge >= 0.3 is 24.2 Å². The number of amides is 1. The third kappa shape index (κ3) is 10.6. The summed E-state index contributed by atoms with van der Waals surface area (Å²) in [6, 6.07) is -1.10. The number of rotatable bonds is 11. The van der Waals surface area contributed by atoms with Gasteiger partial charge in [0, 0.05) is 6.42 Å². The first kappa shape index (κ1) is 22.3. The van der Waals surface area contributed by atoms with Crippen molar-refractivity contribution >= 4 is 30.0 Å². The number of hydrogen-bond acceptors (Lipinski definition) is 7. The largest absolute Gasteiger partial charge is 0.464 e. The molecule has 140 valence electrons. The fraction of sp³-hybridized carbons (Fsp3) is 0.667. The molecule has 0 aromatic rings. The van der Waals surface area contributed by atoms with Gasteiger partial charge in [-0.25, -0.2) is 9.59 Å². The molecular weight excluding hydrogens is 334 g/mol. The Morgan fingerprint density at radius 3 is 2.28 bits per heavy atom. The fourth-order valence-corrected chi connectivity index (χ4v) is 1.53. The van der Waals surface area contributed by atoms with Gasteiger partial charge in [-0.15, -0.1) is 0 Å². The molecule has 0 aromatic carbocycles. The SMILES string of the molecule is CCOC(=O)C(CCC(=O)C=[N+]=[N-])NC(=O)OCCOC(=O)C(C)C. The standard InChI is InChI=1S/C15H23N3O7/c1-4-23-14(21)12(6-5-11(19)9-17-16)18-15(22)25-8-7-24-13(20)10(2)3/h9-10,12H,4-8H2,1-3H3,(H,18,22). The molecule has 0 bridgehead atoms. The van der Waals surface area contributed by atoms with Gasteiger partial charge in [-0.05, 0) is 13.3 Å². The van der Waals surface area contributed by atoms with Crippen LogP contribution in [0.3, 0.4) is 0 Å². The van der Waals surface area contributed by atoms with Gasteiger partial charge in [0.15, 0.2) is 0 Å². The van der Waals surface area contributed by atoms with E-state index in [9.17, 15) is 19.2 Å². The number of Topliss-reactive ketones (excluding diaryl/α,β-unsaturated/α-hetero) is 1. The van der Waals surface area contributed by atoms with E-state index in [0.29, 0.717) is 6.21 Å². The quantitative estimate of drug-likeness (QED) is 0.141. The van der Waals surface area contributed by atoms with Crippen LogP contribution in [0, 0.1) is 5.92 Å². The van der Waals surface area contributed by atoms with Gasteiger partial charge in [-0.1, -0.05) is 13.8 Å². The van der Waals surface area contributed by atoms with Crippen LogP contribution >= 0.6 is 0 Å². The molecule has 10 heteroatoms. The van der Waals surface area contributed by atoms with Gasteiger partial charge in [0.1, 0.15) is 19.3 Å². The Balaban J connectivity index is 4.40. The molecule has 1 atom stereocenters. The molecule has 0 heterocycles. The summed E-state index contributed by atoms with van der Waals surface area (Å²) in [4.78, 5) is 48.6. The number of carbonyl (C=O) groups is 4. The van der Waals surface area contributed by atoms with Crippen molar-refractivity contribution in [1.29, 1.82) is 0 Å². The summed E-state index contributed by atoms with van der Waals surface area (Å²) in [7, 11) is 0. The molecular formula is C15H23N3O7. The van der Waals surface area contributed by atoms with Crippen LogP contribution in [0.15, 0.2) is 0 Å². The number of esters is 2. The van der Waals surface area contributed by atoms with Crippen LogP contribution in [0.1, 0.15) is 33.6 Å². The molecule has 0 aromatic heterocycles. The summed E-state index contributed by atoms with van der Waals surface area (Å²) in [5, 5.41) is 2.27. The third-order valence-electron chi connectivity index (χ3n) is 2.78. The Bertz CT molecular complexity index is 527. The first-order chi connectivity index (χ1) is 11.8. The second-order valence-electron chi connectivity index (χ2n) is 5.16. The molecule has 0 aliphatic heterocycles. The van der Waals surface area contributed by atoms with Gasteiger partial charge < -0.3 is 25.1 Å². The molecule has 0 fully saturated rings. The van der Waals surface area contributed by atoms with E-state index in [1.54, 1.807) is 20.8 Å². The highest BCUT2D eigenvalue weighted by Gasteiger charge is 2.24. The highest BCUT2D eigenvalue weighted by Crippen LogP contribution is 2.02. The highest BCUT2D eigenvalue weighted by molar-refractivity contribution is 6.25. The molecule has 0 radical (unpaired) electrons. The molecule has 1 N–H and O–H groups in total. The minimum atomic E-state index is -1.10. The first-order valence-corrected chi connectivity index (χ1v) is 7.78. The second kappa shape index (κ2) is 12.7. The predicted molar refractivity (Wildman–Crippen MR) is 84.6 cm³/mol. The van der Waals surface area contributed by atoms with Crippen LogP contribution in [0.2, 0.25) is 0 Å². The fourth-order valence-electron chi connectivity index (χ4n) is 1.53. The Morgan fingerprint density at radius 1 is 1.08 bits per heavy atom. The van der Waals surface area contributed by atoms with Crippen LogP contribution in [0.4, 0.5) is 4.79 Å². The van der Waals surface area contributed by atoms with Gasteiger partial charge in [0.05, 0.1) is 12.5 Å². The minimum Gasteiger partial charge on any atom is -0.464 e. The molecule has 1 unspecified atom stereocenters. The molecule has 0 spiro atoms. The normalized spacial score (nSPS) is 11.0. The lowest BCUT2D eigenvalue weighted by Crippen LogP contribution is -2.42. The van der Waals surface area contributed by atoms with Gasteiger partial charge in [0.25, 0.3) is 0 Å². The number of hydrogen-bond donors (Lipinski definition) is 1. The van der Waals surface area contributed by atoms with E-state index in [0.717, 1.165) is 0 Å². The average Bonchev–Trinajstić information content (AvgIpc) is 2.55. The summed E-state index contributed by atoms with van der Waals surface area (Å²) >= 11 is 0. The van der Waals surface area contributed by atoms with Crippen molar-refractivity contribution in [2.24, 2.45) is 5.92 Å². The maximum Gasteiger partial charge on any atom is 0.407 e. The van der Waals surface area contributed by atoms with Crippen molar-refractivity contribution in [3.05, 3.63) is 5.53 Å². The minimum absolute atomic E-state index is 0.0544. The van der Waals surface area contributed by atoms with E-state index >= 15 is 0 Å². The van der Waals surface area contributed by atoms with Crippen molar-refractivity contribution in [3.63, 3.8) is 0 Å². The molecule has 10 nitrogen and oxygen atoms in total. The Labute approximate surface area is 145 Å². The van der Waals surface area contributed by atoms with E-state index in [-0.39, 0.29) is 38.6 Å². The third-order valence-corrected chi connectivity index (χ3v) is 2.78. The number of alkyl carbamates (subject to hydrolysis) is 1. The molecule has 25 heavy (non-hydrogen) atoms. The summed E-state index contributed by atoms with van der Waals surface area (Å²) in [5.74, 6) is -1.95. The lowest BCUT2D eigenvalue weighted by atomic mass is 10.1. The topological polar surface area (TPSA) is 144 Å². The number of ether oxygens (including phenoxy) is 3. The molecule has 0 aliphatic carbocycles. The van der Waals surface area contributed by atoms with E-state index in [2.05, 4.69) is 10.1 Å². The van der Waals surface area contributed by atoms with Crippen molar-refractivity contribution in [2.45, 2.75) is 39.7 Å². The Morgan fingerprint density at radius 2 is 1.72 bits per heavy atom. The summed E-state index contributed by atoms with van der Waals surface area (Å²) in [6.07, 6.45) is -0.410. The average molecular weight is 357 g/mol. The van der Waals surface area contributed by atoms with E-state index in [4.69, 9.17) is 19.7 Å². The van der Waals surface area contributed by atoms with E-state index in [1.165, 1.54) is 0 Å². The maximum atomic E-state index is 11.8. The van der Waals surface area contributed by atoms with Crippen molar-refractivity contribution in [1.82, 2.24) is 5.32 Å². The van der Waals surface area contributed by atoms with Gasteiger partial charge in [0.2, 0.25) is 5.78 Å². The van der Waals surface area contributed by atoms with Crippen LogP contribution in [0.5, 0.6) is 0 Å². The molecule has 0 saturated heterocycles. The van der Waals surface area contributed by atoms with Crippen LogP contribution in [0.25, 0.3) is 5.53 Å². The van der Waals surface area contributed by atoms with E-state index in [1.807, 2.05) is 0 Å². The monoisotopic (exact) mass is 357 g/mol. The Kier molecular flexibility index (Phi) is 11.3. The summed E-state index contributed by atoms with van der Waals surface area (Å²) in [5.41, 5.74) is 8.27. The maximum absolute atomic E-state index is 11.8. The van der Waals surface area contributed by atoms with Crippen LogP contribution < -0.4 is 5.32 Å². The molecule has 1 amide bonds. The number of carbonyl (C=O) groups excluding carboxylic acids is 4. The van der Waals surface area contributed by atoms with E-state index < -0.39 is 29.9 Å². The molecule has 0 aliphatic rings. The zero-order valence-electron chi connectivity index (χ0n) is 14.5.